The third-order valence-corrected chi connectivity index (χ3v) is 4.72. The third kappa shape index (κ3) is 2.75. The summed E-state index contributed by atoms with van der Waals surface area (Å²) in [5.74, 6) is 1.89. The number of rotatable bonds is 3. The minimum Gasteiger partial charge on any atom is -0.311 e. The van der Waals surface area contributed by atoms with Crippen LogP contribution in [0.5, 0.6) is 0 Å². The molecule has 2 fully saturated rings. The molecular formula is C14H27N. The average molecular weight is 209 g/mol. The van der Waals surface area contributed by atoms with E-state index in [4.69, 9.17) is 0 Å². The lowest BCUT2D eigenvalue weighted by molar-refractivity contribution is 0.224. The predicted molar refractivity (Wildman–Crippen MR) is 66.0 cm³/mol. The normalized spacial score (nSPS) is 42.0. The van der Waals surface area contributed by atoms with Gasteiger partial charge in [-0.2, -0.15) is 0 Å². The van der Waals surface area contributed by atoms with Crippen LogP contribution < -0.4 is 5.32 Å². The molecule has 0 heterocycles. The molecule has 1 heteroatoms. The van der Waals surface area contributed by atoms with E-state index < -0.39 is 0 Å². The van der Waals surface area contributed by atoms with Gasteiger partial charge in [-0.05, 0) is 37.5 Å². The van der Waals surface area contributed by atoms with Crippen LogP contribution in [0.1, 0.15) is 65.2 Å². The van der Waals surface area contributed by atoms with Gasteiger partial charge < -0.3 is 5.32 Å². The molecule has 2 aliphatic carbocycles. The summed E-state index contributed by atoms with van der Waals surface area (Å²) in [5.41, 5.74) is 0. The summed E-state index contributed by atoms with van der Waals surface area (Å²) in [4.78, 5) is 0. The van der Waals surface area contributed by atoms with Gasteiger partial charge in [0.2, 0.25) is 0 Å². The summed E-state index contributed by atoms with van der Waals surface area (Å²) >= 11 is 0. The summed E-state index contributed by atoms with van der Waals surface area (Å²) < 4.78 is 0. The Bertz CT molecular complexity index is 190. The Hall–Kier alpha value is -0.0400. The molecule has 4 unspecified atom stereocenters. The van der Waals surface area contributed by atoms with Crippen LogP contribution in [-0.4, -0.2) is 12.1 Å². The lowest BCUT2D eigenvalue weighted by atomic mass is 9.82. The van der Waals surface area contributed by atoms with Crippen LogP contribution >= 0.6 is 0 Å². The highest BCUT2D eigenvalue weighted by Gasteiger charge is 2.29. The molecular weight excluding hydrogens is 182 g/mol. The van der Waals surface area contributed by atoms with E-state index in [0.29, 0.717) is 0 Å². The Morgan fingerprint density at radius 2 is 1.67 bits per heavy atom. The van der Waals surface area contributed by atoms with Crippen LogP contribution in [0.2, 0.25) is 0 Å². The molecule has 2 aliphatic rings. The Balaban J connectivity index is 1.85. The first-order valence-corrected chi connectivity index (χ1v) is 7.07. The second kappa shape index (κ2) is 5.34. The predicted octanol–water partition coefficient (Wildman–Crippen LogP) is 3.73. The van der Waals surface area contributed by atoms with E-state index in [-0.39, 0.29) is 0 Å². The smallest absolute Gasteiger partial charge is 0.00979 e. The minimum atomic E-state index is 0.835. The lowest BCUT2D eigenvalue weighted by Gasteiger charge is -2.35. The van der Waals surface area contributed by atoms with Crippen LogP contribution in [0.4, 0.5) is 0 Å². The van der Waals surface area contributed by atoms with Gasteiger partial charge >= 0.3 is 0 Å². The van der Waals surface area contributed by atoms with E-state index in [2.05, 4.69) is 19.2 Å². The van der Waals surface area contributed by atoms with E-state index in [1.165, 1.54) is 51.4 Å². The first-order chi connectivity index (χ1) is 7.31. The van der Waals surface area contributed by atoms with E-state index in [0.717, 1.165) is 23.9 Å². The Morgan fingerprint density at radius 1 is 0.933 bits per heavy atom. The molecule has 2 saturated carbocycles. The quantitative estimate of drug-likeness (QED) is 0.747. The second-order valence-corrected chi connectivity index (χ2v) is 5.74. The largest absolute Gasteiger partial charge is 0.311 e. The van der Waals surface area contributed by atoms with Crippen molar-refractivity contribution in [1.82, 2.24) is 5.32 Å². The van der Waals surface area contributed by atoms with E-state index in [1.807, 2.05) is 0 Å². The fraction of sp³-hybridized carbons (Fsp3) is 1.00. The van der Waals surface area contributed by atoms with Gasteiger partial charge in [0.15, 0.2) is 0 Å². The third-order valence-electron chi connectivity index (χ3n) is 4.72. The molecule has 0 aromatic carbocycles. The first kappa shape index (κ1) is 11.4. The summed E-state index contributed by atoms with van der Waals surface area (Å²) in [6.07, 6.45) is 11.5. The number of hydrogen-bond acceptors (Lipinski definition) is 1. The highest BCUT2D eigenvalue weighted by atomic mass is 15.0. The molecule has 0 amide bonds. The van der Waals surface area contributed by atoms with Gasteiger partial charge in [0.05, 0.1) is 0 Å². The monoisotopic (exact) mass is 209 g/mol. The molecule has 1 nitrogen and oxygen atoms in total. The van der Waals surface area contributed by atoms with Gasteiger partial charge in [0.1, 0.15) is 0 Å². The molecule has 0 radical (unpaired) electrons. The second-order valence-electron chi connectivity index (χ2n) is 5.74. The fourth-order valence-corrected chi connectivity index (χ4v) is 3.58. The lowest BCUT2D eigenvalue weighted by Crippen LogP contribution is -2.45. The molecule has 0 aromatic heterocycles. The summed E-state index contributed by atoms with van der Waals surface area (Å²) in [7, 11) is 0. The first-order valence-electron chi connectivity index (χ1n) is 7.07. The van der Waals surface area contributed by atoms with Gasteiger partial charge in [0.25, 0.3) is 0 Å². The zero-order valence-corrected chi connectivity index (χ0v) is 10.5. The van der Waals surface area contributed by atoms with Crippen LogP contribution in [0, 0.1) is 11.8 Å². The average Bonchev–Trinajstić information content (AvgIpc) is 2.65. The Morgan fingerprint density at radius 3 is 2.33 bits per heavy atom. The molecule has 4 atom stereocenters. The molecule has 0 aliphatic heterocycles. The van der Waals surface area contributed by atoms with Crippen molar-refractivity contribution >= 4 is 0 Å². The molecule has 0 aromatic rings. The summed E-state index contributed by atoms with van der Waals surface area (Å²) in [6.45, 7) is 4.79. The van der Waals surface area contributed by atoms with Crippen LogP contribution in [0.15, 0.2) is 0 Å². The van der Waals surface area contributed by atoms with Gasteiger partial charge in [-0.3, -0.25) is 0 Å². The van der Waals surface area contributed by atoms with E-state index in [9.17, 15) is 0 Å². The maximum absolute atomic E-state index is 3.97. The van der Waals surface area contributed by atoms with Crippen molar-refractivity contribution < 1.29 is 0 Å². The van der Waals surface area contributed by atoms with Gasteiger partial charge in [-0.25, -0.2) is 0 Å². The maximum atomic E-state index is 3.97. The molecule has 15 heavy (non-hydrogen) atoms. The van der Waals surface area contributed by atoms with Gasteiger partial charge in [0, 0.05) is 12.1 Å². The van der Waals surface area contributed by atoms with E-state index >= 15 is 0 Å². The topological polar surface area (TPSA) is 12.0 Å². The Kier molecular flexibility index (Phi) is 4.07. The highest BCUT2D eigenvalue weighted by Crippen LogP contribution is 2.31. The number of hydrogen-bond donors (Lipinski definition) is 1. The molecule has 0 saturated heterocycles. The van der Waals surface area contributed by atoms with Crippen molar-refractivity contribution in [1.29, 1.82) is 0 Å². The molecule has 88 valence electrons. The molecule has 0 bridgehead atoms. The summed E-state index contributed by atoms with van der Waals surface area (Å²) in [6, 6.07) is 1.68. The zero-order valence-electron chi connectivity index (χ0n) is 10.5. The van der Waals surface area contributed by atoms with Crippen molar-refractivity contribution in [2.45, 2.75) is 77.3 Å². The van der Waals surface area contributed by atoms with Crippen molar-refractivity contribution in [3.8, 4) is 0 Å². The molecule has 2 rings (SSSR count). The van der Waals surface area contributed by atoms with Crippen molar-refractivity contribution in [3.05, 3.63) is 0 Å². The summed E-state index contributed by atoms with van der Waals surface area (Å²) in [5, 5.41) is 3.97. The van der Waals surface area contributed by atoms with Gasteiger partial charge in [-0.15, -0.1) is 0 Å². The van der Waals surface area contributed by atoms with E-state index in [1.54, 1.807) is 0 Å². The Labute approximate surface area is 95.0 Å². The number of nitrogens with one attached hydrogen (secondary N) is 1. The molecule has 0 spiro atoms. The van der Waals surface area contributed by atoms with Crippen molar-refractivity contribution in [2.24, 2.45) is 11.8 Å². The fourth-order valence-electron chi connectivity index (χ4n) is 3.58. The van der Waals surface area contributed by atoms with Crippen LogP contribution in [0.3, 0.4) is 0 Å². The van der Waals surface area contributed by atoms with Crippen molar-refractivity contribution in [3.63, 3.8) is 0 Å². The maximum Gasteiger partial charge on any atom is 0.00979 e. The minimum absolute atomic E-state index is 0.835. The van der Waals surface area contributed by atoms with Crippen LogP contribution in [0.25, 0.3) is 0 Å². The standard InChI is InChI=1S/C14H27N/c1-3-12-8-4-5-9-14(12)15-13-10-6-7-11(13)2/h11-15H,3-10H2,1-2H3. The highest BCUT2D eigenvalue weighted by molar-refractivity contribution is 4.87. The van der Waals surface area contributed by atoms with Crippen LogP contribution in [-0.2, 0) is 0 Å². The molecule has 1 N–H and O–H groups in total. The van der Waals surface area contributed by atoms with Crippen molar-refractivity contribution in [2.75, 3.05) is 0 Å². The zero-order chi connectivity index (χ0) is 10.7. The SMILES string of the molecule is CCC1CCCCC1NC1CCCC1C. The van der Waals surface area contributed by atoms with Gasteiger partial charge in [-0.1, -0.05) is 39.5 Å².